The van der Waals surface area contributed by atoms with Crippen LogP contribution in [-0.4, -0.2) is 18.2 Å². The highest BCUT2D eigenvalue weighted by Crippen LogP contribution is 2.13. The molecule has 6 heteroatoms. The van der Waals surface area contributed by atoms with Gasteiger partial charge in [0, 0.05) is 0 Å². The number of fused-ring (bicyclic) bond motifs is 1. The van der Waals surface area contributed by atoms with Gasteiger partial charge < -0.3 is 9.76 Å². The van der Waals surface area contributed by atoms with Crippen LogP contribution in [0.15, 0.2) is 18.2 Å². The first-order chi connectivity index (χ1) is 6.72. The van der Waals surface area contributed by atoms with Crippen molar-refractivity contribution in [3.8, 4) is 0 Å². The zero-order chi connectivity index (χ0) is 10.1. The Morgan fingerprint density at radius 3 is 3.07 bits per heavy atom. The van der Waals surface area contributed by atoms with Gasteiger partial charge in [-0.1, -0.05) is 10.6 Å². The Labute approximate surface area is 79.3 Å². The number of hydrogen-bond acceptors (Lipinski definition) is 3. The summed E-state index contributed by atoms with van der Waals surface area (Å²) in [7, 11) is -1.09. The minimum atomic E-state index is -1.09. The number of rotatable bonds is 2. The fourth-order valence-corrected chi connectivity index (χ4v) is 1.41. The van der Waals surface area contributed by atoms with E-state index in [0.717, 1.165) is 5.56 Å². The smallest absolute Gasteiger partial charge is 0.478 e. The van der Waals surface area contributed by atoms with Crippen LogP contribution in [0.3, 0.4) is 0 Å². The lowest BCUT2D eigenvalue weighted by molar-refractivity contribution is -0.0340. The molecule has 0 radical (unpaired) electrons. The standard InChI is InChI=1S/C8H6BFO4/c10-14-9-7-3-5(8(11)12)1-2-6(7)4-13-9/h1-3H,4H2,(H,11,12). The van der Waals surface area contributed by atoms with Crippen molar-refractivity contribution in [2.75, 3.05) is 0 Å². The highest BCUT2D eigenvalue weighted by molar-refractivity contribution is 6.62. The molecule has 0 atom stereocenters. The van der Waals surface area contributed by atoms with Crippen molar-refractivity contribution in [2.45, 2.75) is 6.61 Å². The molecule has 14 heavy (non-hydrogen) atoms. The van der Waals surface area contributed by atoms with Crippen LogP contribution < -0.4 is 5.46 Å². The average molecular weight is 196 g/mol. The van der Waals surface area contributed by atoms with E-state index in [1.54, 1.807) is 6.07 Å². The largest absolute Gasteiger partial charge is 0.533 e. The van der Waals surface area contributed by atoms with Crippen LogP contribution >= 0.6 is 0 Å². The van der Waals surface area contributed by atoms with Gasteiger partial charge in [-0.3, -0.25) is 0 Å². The Balaban J connectivity index is 2.42. The summed E-state index contributed by atoms with van der Waals surface area (Å²) < 4.78 is 16.9. The van der Waals surface area contributed by atoms with Crippen LogP contribution in [-0.2, 0) is 16.1 Å². The lowest BCUT2D eigenvalue weighted by Crippen LogP contribution is -2.30. The lowest BCUT2D eigenvalue weighted by atomic mass is 9.78. The fraction of sp³-hybridized carbons (Fsp3) is 0.125. The third-order valence-corrected chi connectivity index (χ3v) is 2.12. The molecule has 0 spiro atoms. The molecule has 0 unspecified atom stereocenters. The van der Waals surface area contributed by atoms with Gasteiger partial charge in [0.25, 0.3) is 0 Å². The number of aromatic carboxylic acids is 1. The van der Waals surface area contributed by atoms with Gasteiger partial charge in [-0.15, -0.1) is 0 Å². The van der Waals surface area contributed by atoms with E-state index < -0.39 is 13.1 Å². The van der Waals surface area contributed by atoms with Crippen LogP contribution in [0, 0.1) is 0 Å². The summed E-state index contributed by atoms with van der Waals surface area (Å²) >= 11 is 0. The molecule has 1 aromatic carbocycles. The number of carbonyl (C=O) groups is 1. The summed E-state index contributed by atoms with van der Waals surface area (Å²) in [6, 6.07) is 4.40. The van der Waals surface area contributed by atoms with E-state index in [4.69, 9.17) is 9.76 Å². The molecule has 0 amide bonds. The van der Waals surface area contributed by atoms with Crippen molar-refractivity contribution in [1.82, 2.24) is 0 Å². The molecule has 0 bridgehead atoms. The molecule has 0 aromatic heterocycles. The second kappa shape index (κ2) is 3.40. The minimum absolute atomic E-state index is 0.0938. The van der Waals surface area contributed by atoms with E-state index in [-0.39, 0.29) is 12.2 Å². The summed E-state index contributed by atoms with van der Waals surface area (Å²) in [5, 5.41) is 8.70. The van der Waals surface area contributed by atoms with Crippen molar-refractivity contribution >= 4 is 18.6 Å². The predicted molar refractivity (Wildman–Crippen MR) is 45.8 cm³/mol. The molecule has 1 aliphatic heterocycles. The Morgan fingerprint density at radius 2 is 2.43 bits per heavy atom. The monoisotopic (exact) mass is 196 g/mol. The number of carboxylic acids is 1. The molecule has 1 N–H and O–H groups in total. The fourth-order valence-electron chi connectivity index (χ4n) is 1.41. The predicted octanol–water partition coefficient (Wildman–Crippen LogP) is 0.511. The number of benzene rings is 1. The van der Waals surface area contributed by atoms with Crippen LogP contribution in [0.4, 0.5) is 4.53 Å². The van der Waals surface area contributed by atoms with Gasteiger partial charge in [0.05, 0.1) is 12.2 Å². The zero-order valence-corrected chi connectivity index (χ0v) is 7.07. The zero-order valence-electron chi connectivity index (χ0n) is 7.07. The summed E-state index contributed by atoms with van der Waals surface area (Å²) in [5.74, 6) is -1.06. The molecular formula is C8H6BFO4. The molecule has 0 fully saturated rings. The normalized spacial score (nSPS) is 14.2. The van der Waals surface area contributed by atoms with Crippen molar-refractivity contribution in [3.63, 3.8) is 0 Å². The van der Waals surface area contributed by atoms with Crippen LogP contribution in [0.5, 0.6) is 0 Å². The minimum Gasteiger partial charge on any atom is -0.478 e. The first-order valence-corrected chi connectivity index (χ1v) is 3.97. The number of hydrogen-bond donors (Lipinski definition) is 1. The second-order valence-corrected chi connectivity index (χ2v) is 2.95. The molecule has 1 aliphatic rings. The molecule has 4 nitrogen and oxygen atoms in total. The maximum Gasteiger partial charge on any atom is 0.533 e. The Hall–Kier alpha value is -1.40. The maximum absolute atomic E-state index is 11.9. The average Bonchev–Trinajstić information content (AvgIpc) is 2.59. The first-order valence-electron chi connectivity index (χ1n) is 3.97. The Morgan fingerprint density at radius 1 is 1.64 bits per heavy atom. The highest BCUT2D eigenvalue weighted by Gasteiger charge is 2.32. The van der Waals surface area contributed by atoms with Gasteiger partial charge in [0.1, 0.15) is 0 Å². The second-order valence-electron chi connectivity index (χ2n) is 2.95. The van der Waals surface area contributed by atoms with Crippen LogP contribution in [0.1, 0.15) is 15.9 Å². The first kappa shape index (κ1) is 9.17. The van der Waals surface area contributed by atoms with Crippen molar-refractivity contribution in [3.05, 3.63) is 29.3 Å². The van der Waals surface area contributed by atoms with E-state index in [2.05, 4.69) is 4.86 Å². The van der Waals surface area contributed by atoms with Gasteiger partial charge >= 0.3 is 13.1 Å². The molecule has 0 saturated carbocycles. The topological polar surface area (TPSA) is 55.8 Å². The number of halogens is 1. The Bertz CT molecular complexity index is 382. The molecule has 2 rings (SSSR count). The summed E-state index contributed by atoms with van der Waals surface area (Å²) in [6.07, 6.45) is 0. The maximum atomic E-state index is 11.9. The van der Waals surface area contributed by atoms with E-state index >= 15 is 0 Å². The van der Waals surface area contributed by atoms with Gasteiger partial charge in [0.15, 0.2) is 0 Å². The van der Waals surface area contributed by atoms with Crippen molar-refractivity contribution < 1.29 is 23.9 Å². The van der Waals surface area contributed by atoms with E-state index in [1.165, 1.54) is 12.1 Å². The molecular weight excluding hydrogens is 190 g/mol. The quantitative estimate of drug-likeness (QED) is 0.700. The van der Waals surface area contributed by atoms with Gasteiger partial charge in [0.2, 0.25) is 0 Å². The third-order valence-electron chi connectivity index (χ3n) is 2.12. The number of carboxylic acid groups (broad SMARTS) is 1. The van der Waals surface area contributed by atoms with Crippen molar-refractivity contribution in [2.24, 2.45) is 0 Å². The molecule has 72 valence electrons. The van der Waals surface area contributed by atoms with E-state index in [9.17, 15) is 9.32 Å². The molecule has 1 aromatic rings. The van der Waals surface area contributed by atoms with Crippen molar-refractivity contribution in [1.29, 1.82) is 0 Å². The summed E-state index contributed by atoms with van der Waals surface area (Å²) in [4.78, 5) is 14.2. The summed E-state index contributed by atoms with van der Waals surface area (Å²) in [6.45, 7) is 0.240. The van der Waals surface area contributed by atoms with E-state index in [1.807, 2.05) is 0 Å². The molecule has 0 saturated heterocycles. The lowest BCUT2D eigenvalue weighted by Gasteiger charge is -2.00. The molecule has 0 aliphatic carbocycles. The van der Waals surface area contributed by atoms with Gasteiger partial charge in [-0.25, -0.2) is 9.65 Å². The highest BCUT2D eigenvalue weighted by atomic mass is 19.3. The van der Waals surface area contributed by atoms with Gasteiger partial charge in [-0.05, 0) is 23.2 Å². The molecule has 1 heterocycles. The third kappa shape index (κ3) is 1.38. The van der Waals surface area contributed by atoms with Crippen LogP contribution in [0.25, 0.3) is 0 Å². The Kier molecular flexibility index (Phi) is 2.22. The van der Waals surface area contributed by atoms with E-state index in [0.29, 0.717) is 5.46 Å². The van der Waals surface area contributed by atoms with Gasteiger partial charge in [-0.2, -0.15) is 0 Å². The SMILES string of the molecule is O=C(O)c1ccc2c(c1)B(OF)OC2. The van der Waals surface area contributed by atoms with Crippen LogP contribution in [0.2, 0.25) is 0 Å². The summed E-state index contributed by atoms with van der Waals surface area (Å²) in [5.41, 5.74) is 1.28.